The molecule has 142 valence electrons. The first kappa shape index (κ1) is 19.9. The summed E-state index contributed by atoms with van der Waals surface area (Å²) in [6, 6.07) is 12.0. The third-order valence-corrected chi connectivity index (χ3v) is 6.32. The first-order valence-electron chi connectivity index (χ1n) is 8.95. The monoisotopic (exact) mass is 400 g/mol. The van der Waals surface area contributed by atoms with Crippen molar-refractivity contribution in [1.29, 1.82) is 0 Å². The van der Waals surface area contributed by atoms with E-state index in [1.165, 1.54) is 11.1 Å². The Morgan fingerprint density at radius 1 is 1.22 bits per heavy atom. The first-order chi connectivity index (χ1) is 13.0. The molecule has 4 nitrogen and oxygen atoms in total. The molecular weight excluding hydrogens is 376 g/mol. The highest BCUT2D eigenvalue weighted by Crippen LogP contribution is 2.22. The van der Waals surface area contributed by atoms with E-state index in [0.717, 1.165) is 20.9 Å². The van der Waals surface area contributed by atoms with Crippen molar-refractivity contribution < 1.29 is 9.53 Å². The van der Waals surface area contributed by atoms with E-state index in [1.807, 2.05) is 24.3 Å². The minimum atomic E-state index is -0.209. The first-order valence-corrected chi connectivity index (χ1v) is 10.7. The number of thiazole rings is 1. The zero-order valence-electron chi connectivity index (χ0n) is 16.1. The van der Waals surface area contributed by atoms with E-state index in [9.17, 15) is 4.79 Å². The van der Waals surface area contributed by atoms with Gasteiger partial charge in [-0.3, -0.25) is 4.79 Å². The number of carbonyl (C=O) groups excluding carboxylic acids is 1. The van der Waals surface area contributed by atoms with Gasteiger partial charge in [-0.2, -0.15) is 4.99 Å². The Morgan fingerprint density at radius 2 is 2.00 bits per heavy atom. The van der Waals surface area contributed by atoms with Crippen molar-refractivity contribution >= 4 is 39.2 Å². The molecular formula is C21H24N2O2S2. The molecule has 0 saturated carbocycles. The van der Waals surface area contributed by atoms with Crippen molar-refractivity contribution in [2.24, 2.45) is 4.99 Å². The highest BCUT2D eigenvalue weighted by Gasteiger charge is 2.11. The normalized spacial score (nSPS) is 12.1. The van der Waals surface area contributed by atoms with Crippen LogP contribution in [0.25, 0.3) is 10.2 Å². The maximum atomic E-state index is 12.8. The molecule has 1 heterocycles. The largest absolute Gasteiger partial charge is 0.383 e. The van der Waals surface area contributed by atoms with Gasteiger partial charge in [0, 0.05) is 24.1 Å². The van der Waals surface area contributed by atoms with Crippen molar-refractivity contribution in [2.45, 2.75) is 32.2 Å². The summed E-state index contributed by atoms with van der Waals surface area (Å²) in [6.45, 7) is 7.54. The van der Waals surface area contributed by atoms with Gasteiger partial charge in [0.05, 0.1) is 16.8 Å². The van der Waals surface area contributed by atoms with E-state index in [1.54, 1.807) is 30.2 Å². The molecule has 3 rings (SSSR count). The summed E-state index contributed by atoms with van der Waals surface area (Å²) in [7, 11) is 1.68. The Labute approximate surface area is 167 Å². The Morgan fingerprint density at radius 3 is 2.74 bits per heavy atom. The molecule has 1 amide bonds. The van der Waals surface area contributed by atoms with Crippen LogP contribution < -0.4 is 4.80 Å². The highest BCUT2D eigenvalue weighted by atomic mass is 32.2. The summed E-state index contributed by atoms with van der Waals surface area (Å²) in [5.41, 5.74) is 4.19. The Balaban J connectivity index is 2.08. The average molecular weight is 401 g/mol. The molecule has 0 fully saturated rings. The fourth-order valence-corrected chi connectivity index (χ4v) is 4.70. The predicted octanol–water partition coefficient (Wildman–Crippen LogP) is 4.82. The van der Waals surface area contributed by atoms with Crippen LogP contribution in [0.2, 0.25) is 0 Å². The van der Waals surface area contributed by atoms with E-state index >= 15 is 0 Å². The summed E-state index contributed by atoms with van der Waals surface area (Å²) in [5, 5.41) is 0. The average Bonchev–Trinajstić information content (AvgIpc) is 2.97. The lowest BCUT2D eigenvalue weighted by atomic mass is 10.1. The minimum absolute atomic E-state index is 0.209. The lowest BCUT2D eigenvalue weighted by molar-refractivity contribution is 0.0997. The van der Waals surface area contributed by atoms with Gasteiger partial charge in [0.2, 0.25) is 0 Å². The SMILES string of the molecule is CCSc1cccc(C(=O)N=c2sc3cc(C)c(C)cc3n2CCOC)c1. The molecule has 0 N–H and O–H groups in total. The summed E-state index contributed by atoms with van der Waals surface area (Å²) in [4.78, 5) is 19.1. The Bertz CT molecular complexity index is 1030. The van der Waals surface area contributed by atoms with Crippen LogP contribution in [0.3, 0.4) is 0 Å². The summed E-state index contributed by atoms with van der Waals surface area (Å²) in [6.07, 6.45) is 0. The Hall–Kier alpha value is -1.89. The minimum Gasteiger partial charge on any atom is -0.383 e. The number of fused-ring (bicyclic) bond motifs is 1. The molecule has 6 heteroatoms. The number of aryl methyl sites for hydroxylation is 2. The fourth-order valence-electron chi connectivity index (χ4n) is 2.84. The molecule has 0 saturated heterocycles. The summed E-state index contributed by atoms with van der Waals surface area (Å²) >= 11 is 3.27. The number of hydrogen-bond acceptors (Lipinski definition) is 4. The van der Waals surface area contributed by atoms with E-state index in [0.29, 0.717) is 23.5 Å². The van der Waals surface area contributed by atoms with Crippen LogP contribution in [0.15, 0.2) is 46.3 Å². The number of nitrogens with zero attached hydrogens (tertiary/aromatic N) is 2. The van der Waals surface area contributed by atoms with Crippen molar-refractivity contribution in [1.82, 2.24) is 4.57 Å². The van der Waals surface area contributed by atoms with Crippen molar-refractivity contribution in [3.8, 4) is 0 Å². The molecule has 3 aromatic rings. The van der Waals surface area contributed by atoms with Crippen LogP contribution in [0, 0.1) is 13.8 Å². The van der Waals surface area contributed by atoms with Crippen LogP contribution in [-0.4, -0.2) is 29.9 Å². The van der Waals surface area contributed by atoms with Crippen LogP contribution in [-0.2, 0) is 11.3 Å². The van der Waals surface area contributed by atoms with Gasteiger partial charge in [-0.05, 0) is 61.1 Å². The smallest absolute Gasteiger partial charge is 0.279 e. The molecule has 0 radical (unpaired) electrons. The molecule has 0 spiro atoms. The second-order valence-corrected chi connectivity index (χ2v) is 8.66. The van der Waals surface area contributed by atoms with E-state index in [2.05, 4.69) is 42.5 Å². The van der Waals surface area contributed by atoms with E-state index < -0.39 is 0 Å². The third-order valence-electron chi connectivity index (χ3n) is 4.41. The van der Waals surface area contributed by atoms with Gasteiger partial charge in [-0.25, -0.2) is 0 Å². The van der Waals surface area contributed by atoms with Gasteiger partial charge < -0.3 is 9.30 Å². The van der Waals surface area contributed by atoms with Gasteiger partial charge in [0.15, 0.2) is 4.80 Å². The number of amides is 1. The molecule has 0 aliphatic rings. The number of ether oxygens (including phenoxy) is 1. The van der Waals surface area contributed by atoms with E-state index in [4.69, 9.17) is 4.74 Å². The standard InChI is InChI=1S/C21H24N2O2S2/c1-5-26-17-8-6-7-16(13-17)20(24)22-21-23(9-10-25-4)18-11-14(2)15(3)12-19(18)27-21/h6-8,11-13H,5,9-10H2,1-4H3. The number of methoxy groups -OCH3 is 1. The molecule has 27 heavy (non-hydrogen) atoms. The Kier molecular flexibility index (Phi) is 6.52. The van der Waals surface area contributed by atoms with Crippen LogP contribution >= 0.6 is 23.1 Å². The molecule has 0 aliphatic heterocycles. The zero-order valence-corrected chi connectivity index (χ0v) is 17.7. The predicted molar refractivity (Wildman–Crippen MR) is 114 cm³/mol. The molecule has 0 atom stereocenters. The van der Waals surface area contributed by atoms with Crippen molar-refractivity contribution in [3.63, 3.8) is 0 Å². The molecule has 0 bridgehead atoms. The lowest BCUT2D eigenvalue weighted by Gasteiger charge is -2.06. The quantitative estimate of drug-likeness (QED) is 0.557. The van der Waals surface area contributed by atoms with Gasteiger partial charge in [0.1, 0.15) is 0 Å². The third kappa shape index (κ3) is 4.51. The van der Waals surface area contributed by atoms with Gasteiger partial charge in [-0.1, -0.05) is 24.3 Å². The maximum Gasteiger partial charge on any atom is 0.279 e. The molecule has 1 aromatic heterocycles. The molecule has 2 aromatic carbocycles. The van der Waals surface area contributed by atoms with E-state index in [-0.39, 0.29) is 5.91 Å². The van der Waals surface area contributed by atoms with Crippen molar-refractivity contribution in [3.05, 3.63) is 57.9 Å². The number of aromatic nitrogens is 1. The summed E-state index contributed by atoms with van der Waals surface area (Å²) in [5.74, 6) is 0.764. The zero-order chi connectivity index (χ0) is 19.4. The number of thioether (sulfide) groups is 1. The van der Waals surface area contributed by atoms with Crippen LogP contribution in [0.4, 0.5) is 0 Å². The number of hydrogen-bond donors (Lipinski definition) is 0. The molecule has 0 unspecified atom stereocenters. The van der Waals surface area contributed by atoms with Crippen LogP contribution in [0.5, 0.6) is 0 Å². The summed E-state index contributed by atoms with van der Waals surface area (Å²) < 4.78 is 8.48. The topological polar surface area (TPSA) is 43.6 Å². The lowest BCUT2D eigenvalue weighted by Crippen LogP contribution is -2.19. The molecule has 0 aliphatic carbocycles. The van der Waals surface area contributed by atoms with Gasteiger partial charge in [-0.15, -0.1) is 11.8 Å². The second kappa shape index (κ2) is 8.87. The second-order valence-electron chi connectivity index (χ2n) is 6.31. The fraction of sp³-hybridized carbons (Fsp3) is 0.333. The maximum absolute atomic E-state index is 12.8. The number of benzene rings is 2. The number of rotatable bonds is 6. The van der Waals surface area contributed by atoms with Gasteiger partial charge >= 0.3 is 0 Å². The highest BCUT2D eigenvalue weighted by molar-refractivity contribution is 7.99. The van der Waals surface area contributed by atoms with Crippen molar-refractivity contribution in [2.75, 3.05) is 19.5 Å². The van der Waals surface area contributed by atoms with Gasteiger partial charge in [0.25, 0.3) is 5.91 Å². The van der Waals surface area contributed by atoms with Crippen LogP contribution in [0.1, 0.15) is 28.4 Å². The number of carbonyl (C=O) groups is 1.